The molecule has 0 saturated carbocycles. The molecule has 13 rings (SSSR count). The lowest BCUT2D eigenvalue weighted by atomic mass is 9.67. The fourth-order valence-electron chi connectivity index (χ4n) is 10.9. The summed E-state index contributed by atoms with van der Waals surface area (Å²) in [4.78, 5) is 2.47. The van der Waals surface area contributed by atoms with Gasteiger partial charge in [-0.3, -0.25) is 0 Å². The summed E-state index contributed by atoms with van der Waals surface area (Å²) >= 11 is 0. The van der Waals surface area contributed by atoms with E-state index in [1.54, 1.807) is 0 Å². The minimum atomic E-state index is -0.544. The molecule has 12 aromatic rings. The van der Waals surface area contributed by atoms with Crippen molar-refractivity contribution >= 4 is 60.5 Å². The summed E-state index contributed by atoms with van der Waals surface area (Å²) in [7, 11) is 0. The van der Waals surface area contributed by atoms with Crippen molar-refractivity contribution in [2.75, 3.05) is 4.90 Å². The number of anilines is 3. The number of para-hydroxylation sites is 1. The van der Waals surface area contributed by atoms with Crippen LogP contribution in [0.25, 0.3) is 76.9 Å². The highest BCUT2D eigenvalue weighted by Gasteiger charge is 2.46. The van der Waals surface area contributed by atoms with Gasteiger partial charge in [-0.05, 0) is 115 Å². The highest BCUT2D eigenvalue weighted by Crippen LogP contribution is 2.57. The quantitative estimate of drug-likeness (QED) is 0.159. The van der Waals surface area contributed by atoms with Crippen molar-refractivity contribution in [1.82, 2.24) is 0 Å². The highest BCUT2D eigenvalue weighted by molar-refractivity contribution is 6.15. The second-order valence-corrected chi connectivity index (χ2v) is 17.2. The van der Waals surface area contributed by atoms with E-state index in [-0.39, 0.29) is 0 Å². The van der Waals surface area contributed by atoms with E-state index in [1.165, 1.54) is 55.1 Å². The summed E-state index contributed by atoms with van der Waals surface area (Å²) in [5.41, 5.74) is 16.7. The maximum absolute atomic E-state index is 6.61. The number of hydrogen-bond acceptors (Lipinski definition) is 2. The lowest BCUT2D eigenvalue weighted by molar-refractivity contribution is 0.672. The summed E-state index contributed by atoms with van der Waals surface area (Å²) in [5, 5.41) is 6.98. The van der Waals surface area contributed by atoms with E-state index in [1.807, 2.05) is 0 Å². The van der Waals surface area contributed by atoms with Gasteiger partial charge in [0.2, 0.25) is 0 Å². The molecule has 2 nitrogen and oxygen atoms in total. The van der Waals surface area contributed by atoms with Crippen molar-refractivity contribution in [2.45, 2.75) is 5.41 Å². The summed E-state index contributed by atoms with van der Waals surface area (Å²) < 4.78 is 6.61. The van der Waals surface area contributed by atoms with E-state index in [0.29, 0.717) is 0 Å². The molecule has 0 radical (unpaired) electrons. The number of nitrogens with zero attached hydrogens (tertiary/aromatic N) is 1. The van der Waals surface area contributed by atoms with Gasteiger partial charge in [0, 0.05) is 33.1 Å². The van der Waals surface area contributed by atoms with Crippen molar-refractivity contribution in [1.29, 1.82) is 0 Å². The number of rotatable bonds is 7. The molecule has 304 valence electrons. The van der Waals surface area contributed by atoms with Crippen LogP contribution in [-0.2, 0) is 5.41 Å². The maximum atomic E-state index is 6.61. The van der Waals surface area contributed by atoms with E-state index in [9.17, 15) is 0 Å². The Bertz CT molecular complexity index is 3740. The van der Waals surface area contributed by atoms with E-state index < -0.39 is 5.41 Å². The fraction of sp³-hybridized carbons (Fsp3) is 0.0159. The molecule has 0 spiro atoms. The van der Waals surface area contributed by atoms with Gasteiger partial charge in [-0.15, -0.1) is 0 Å². The van der Waals surface area contributed by atoms with Gasteiger partial charge in [0.25, 0.3) is 0 Å². The third-order valence-corrected chi connectivity index (χ3v) is 13.7. The molecule has 0 aliphatic heterocycles. The van der Waals surface area contributed by atoms with Crippen LogP contribution >= 0.6 is 0 Å². The average molecular weight is 828 g/mol. The second kappa shape index (κ2) is 14.8. The molecule has 1 aliphatic carbocycles. The molecule has 0 saturated heterocycles. The van der Waals surface area contributed by atoms with E-state index in [4.69, 9.17) is 4.42 Å². The third kappa shape index (κ3) is 5.74. The van der Waals surface area contributed by atoms with Crippen molar-refractivity contribution in [3.05, 3.63) is 271 Å². The highest BCUT2D eigenvalue weighted by atomic mass is 16.3. The first-order valence-corrected chi connectivity index (χ1v) is 22.4. The van der Waals surface area contributed by atoms with Crippen molar-refractivity contribution < 1.29 is 4.42 Å². The summed E-state index contributed by atoms with van der Waals surface area (Å²) in [6.45, 7) is 0. The predicted octanol–water partition coefficient (Wildman–Crippen LogP) is 17.1. The normalized spacial score (nSPS) is 12.7. The first-order chi connectivity index (χ1) is 32.2. The molecular weight excluding hydrogens is 787 g/mol. The Morgan fingerprint density at radius 1 is 0.323 bits per heavy atom. The minimum Gasteiger partial charge on any atom is -0.455 e. The molecule has 0 bridgehead atoms. The van der Waals surface area contributed by atoms with Gasteiger partial charge >= 0.3 is 0 Å². The smallest absolute Gasteiger partial charge is 0.143 e. The van der Waals surface area contributed by atoms with Crippen LogP contribution in [0.15, 0.2) is 253 Å². The lowest BCUT2D eigenvalue weighted by Gasteiger charge is -2.35. The van der Waals surface area contributed by atoms with Gasteiger partial charge < -0.3 is 9.32 Å². The molecule has 11 aromatic carbocycles. The first kappa shape index (κ1) is 37.1. The Morgan fingerprint density at radius 2 is 0.923 bits per heavy atom. The molecule has 2 heteroatoms. The molecular formula is C63H41NO. The first-order valence-electron chi connectivity index (χ1n) is 22.4. The average Bonchev–Trinajstić information content (AvgIpc) is 3.91. The van der Waals surface area contributed by atoms with Gasteiger partial charge in [0.05, 0.1) is 11.1 Å². The van der Waals surface area contributed by atoms with Gasteiger partial charge in [-0.25, -0.2) is 0 Å². The second-order valence-electron chi connectivity index (χ2n) is 17.2. The molecule has 65 heavy (non-hydrogen) atoms. The van der Waals surface area contributed by atoms with Crippen LogP contribution in [0.3, 0.4) is 0 Å². The van der Waals surface area contributed by atoms with Crippen LogP contribution in [0.2, 0.25) is 0 Å². The van der Waals surface area contributed by atoms with E-state index in [0.717, 1.165) is 61.1 Å². The molecule has 0 unspecified atom stereocenters. The Labute approximate surface area is 377 Å². The van der Waals surface area contributed by atoms with Gasteiger partial charge in [-0.1, -0.05) is 200 Å². The fourth-order valence-corrected chi connectivity index (χ4v) is 10.9. The molecule has 0 atom stereocenters. The van der Waals surface area contributed by atoms with Crippen LogP contribution < -0.4 is 4.90 Å². The third-order valence-electron chi connectivity index (χ3n) is 13.7. The topological polar surface area (TPSA) is 16.4 Å². The minimum absolute atomic E-state index is 0.544. The monoisotopic (exact) mass is 827 g/mol. The van der Waals surface area contributed by atoms with Crippen molar-refractivity contribution in [3.63, 3.8) is 0 Å². The Hall–Kier alpha value is -8.46. The lowest BCUT2D eigenvalue weighted by Crippen LogP contribution is -2.28. The maximum Gasteiger partial charge on any atom is 0.143 e. The van der Waals surface area contributed by atoms with Gasteiger partial charge in [0.1, 0.15) is 11.2 Å². The van der Waals surface area contributed by atoms with Crippen LogP contribution in [0.1, 0.15) is 22.3 Å². The molecule has 1 aromatic heterocycles. The zero-order chi connectivity index (χ0) is 42.9. The molecule has 0 amide bonds. The number of benzene rings is 11. The van der Waals surface area contributed by atoms with E-state index >= 15 is 0 Å². The largest absolute Gasteiger partial charge is 0.455 e. The molecule has 0 fully saturated rings. The standard InChI is InChI=1S/C63H41NO/c1-3-21-46(22-4-1)63(47-23-5-2-6-24-47)58-31-13-11-29-54(58)55-37-35-49(41-59(55)63)64(48-25-15-20-44(39-48)51-30-16-19-42-17-7-9-26-50(42)51)60-32-14-12-27-52(60)45-34-38-61-57(40-45)56-36-33-43-18-8-10-28-53(43)62(56)65-61/h1-41H. The number of furan rings is 1. The van der Waals surface area contributed by atoms with E-state index in [2.05, 4.69) is 254 Å². The Balaban J connectivity index is 1.06. The summed E-state index contributed by atoms with van der Waals surface area (Å²) in [6.07, 6.45) is 0. The van der Waals surface area contributed by atoms with Crippen LogP contribution in [0, 0.1) is 0 Å². The van der Waals surface area contributed by atoms with Crippen LogP contribution in [0.4, 0.5) is 17.1 Å². The molecule has 0 N–H and O–H groups in total. The SMILES string of the molecule is c1ccc(C2(c3ccccc3)c3ccccc3-c3ccc(N(c4cccc(-c5cccc6ccccc56)c4)c4ccccc4-c4ccc5oc6c7ccccc7ccc6c5c4)cc32)cc1. The van der Waals surface area contributed by atoms with Crippen LogP contribution in [0.5, 0.6) is 0 Å². The Morgan fingerprint density at radius 3 is 1.74 bits per heavy atom. The van der Waals surface area contributed by atoms with Crippen molar-refractivity contribution in [3.8, 4) is 33.4 Å². The summed E-state index contributed by atoms with van der Waals surface area (Å²) in [6, 6.07) is 91.0. The molecule has 1 aliphatic rings. The predicted molar refractivity (Wildman–Crippen MR) is 272 cm³/mol. The van der Waals surface area contributed by atoms with Gasteiger partial charge in [-0.2, -0.15) is 0 Å². The number of fused-ring (bicyclic) bond motifs is 9. The van der Waals surface area contributed by atoms with Crippen LogP contribution in [-0.4, -0.2) is 0 Å². The zero-order valence-electron chi connectivity index (χ0n) is 35.5. The zero-order valence-corrected chi connectivity index (χ0v) is 35.5. The Kier molecular flexibility index (Phi) is 8.47. The number of hydrogen-bond donors (Lipinski definition) is 0. The summed E-state index contributed by atoms with van der Waals surface area (Å²) in [5.74, 6) is 0. The molecule has 1 heterocycles. The van der Waals surface area contributed by atoms with Gasteiger partial charge in [0.15, 0.2) is 0 Å². The van der Waals surface area contributed by atoms with Crippen molar-refractivity contribution in [2.24, 2.45) is 0 Å².